The van der Waals surface area contributed by atoms with Crippen LogP contribution in [0.25, 0.3) is 0 Å². The quantitative estimate of drug-likeness (QED) is 0.732. The minimum Gasteiger partial charge on any atom is -0.450 e. The molecule has 1 aromatic rings. The van der Waals surface area contributed by atoms with Crippen LogP contribution >= 0.6 is 27.5 Å². The van der Waals surface area contributed by atoms with E-state index in [2.05, 4.69) is 40.1 Å². The molecule has 1 aliphatic rings. The van der Waals surface area contributed by atoms with Crippen LogP contribution in [0.4, 0.5) is 4.79 Å². The number of carbonyl (C=O) groups is 2. The number of aromatic amines is 1. The van der Waals surface area contributed by atoms with Gasteiger partial charge in [-0.2, -0.15) is 0 Å². The van der Waals surface area contributed by atoms with E-state index in [1.54, 1.807) is 11.8 Å². The van der Waals surface area contributed by atoms with E-state index in [0.29, 0.717) is 47.7 Å². The highest BCUT2D eigenvalue weighted by atomic mass is 79.9. The number of hydrogen-bond donors (Lipinski definition) is 2. The van der Waals surface area contributed by atoms with Crippen LogP contribution in [0.1, 0.15) is 56.2 Å². The molecule has 2 amide bonds. The molecule has 0 aliphatic carbocycles. The van der Waals surface area contributed by atoms with Crippen molar-refractivity contribution in [1.29, 1.82) is 0 Å². The van der Waals surface area contributed by atoms with Gasteiger partial charge < -0.3 is 19.9 Å². The number of nitrogens with zero attached hydrogens (tertiary/aromatic N) is 1. The molecule has 8 heteroatoms. The predicted octanol–water partition coefficient (Wildman–Crippen LogP) is 4.51. The van der Waals surface area contributed by atoms with E-state index in [4.69, 9.17) is 16.3 Å². The van der Waals surface area contributed by atoms with Gasteiger partial charge in [0.25, 0.3) is 5.91 Å². The summed E-state index contributed by atoms with van der Waals surface area (Å²) in [7, 11) is 0. The van der Waals surface area contributed by atoms with Gasteiger partial charge in [0.15, 0.2) is 0 Å². The van der Waals surface area contributed by atoms with Gasteiger partial charge in [0.1, 0.15) is 5.69 Å². The molecule has 1 aromatic heterocycles. The van der Waals surface area contributed by atoms with E-state index >= 15 is 0 Å². The number of aryl methyl sites for hydroxylation is 1. The van der Waals surface area contributed by atoms with E-state index in [-0.39, 0.29) is 18.0 Å². The topological polar surface area (TPSA) is 74.4 Å². The second-order valence-corrected chi connectivity index (χ2v) is 7.06. The SMILES string of the molecule is CCC.CCOC(=O)N1CCC(NC(=O)c2[nH]c(C)c(Br)c2Cl)CC1. The molecule has 2 heterocycles. The molecule has 0 aromatic carbocycles. The number of H-pyrrole nitrogens is 1. The number of hydrogen-bond acceptors (Lipinski definition) is 3. The van der Waals surface area contributed by atoms with Gasteiger partial charge in [0.2, 0.25) is 0 Å². The van der Waals surface area contributed by atoms with Gasteiger partial charge in [0, 0.05) is 24.8 Å². The van der Waals surface area contributed by atoms with Gasteiger partial charge in [-0.3, -0.25) is 4.79 Å². The molecule has 0 saturated carbocycles. The van der Waals surface area contributed by atoms with Crippen molar-refractivity contribution in [3.63, 3.8) is 0 Å². The van der Waals surface area contributed by atoms with Crippen molar-refractivity contribution in [1.82, 2.24) is 15.2 Å². The monoisotopic (exact) mass is 435 g/mol. The van der Waals surface area contributed by atoms with Crippen LogP contribution in [0.5, 0.6) is 0 Å². The lowest BCUT2D eigenvalue weighted by molar-refractivity contribution is 0.0857. The molecule has 0 atom stereocenters. The molecule has 6 nitrogen and oxygen atoms in total. The Morgan fingerprint density at radius 2 is 1.88 bits per heavy atom. The molecule has 0 spiro atoms. The van der Waals surface area contributed by atoms with E-state index in [9.17, 15) is 9.59 Å². The van der Waals surface area contributed by atoms with Crippen molar-refractivity contribution in [2.75, 3.05) is 19.7 Å². The van der Waals surface area contributed by atoms with Crippen LogP contribution in [0.2, 0.25) is 5.02 Å². The lowest BCUT2D eigenvalue weighted by Gasteiger charge is -2.31. The highest BCUT2D eigenvalue weighted by Crippen LogP contribution is 2.29. The third-order valence-corrected chi connectivity index (χ3v) is 5.23. The normalized spacial score (nSPS) is 14.6. The minimum atomic E-state index is -0.292. The van der Waals surface area contributed by atoms with Crippen molar-refractivity contribution >= 4 is 39.5 Å². The number of aromatic nitrogens is 1. The number of piperidine rings is 1. The molecule has 1 aliphatic heterocycles. The Hall–Kier alpha value is -1.21. The number of likely N-dealkylation sites (tertiary alicyclic amines) is 1. The Morgan fingerprint density at radius 1 is 1.32 bits per heavy atom. The van der Waals surface area contributed by atoms with Gasteiger partial charge in [-0.1, -0.05) is 31.9 Å². The second kappa shape index (κ2) is 10.7. The maximum atomic E-state index is 12.3. The van der Waals surface area contributed by atoms with Gasteiger partial charge in [-0.25, -0.2) is 4.79 Å². The molecular formula is C17H27BrClN3O3. The zero-order chi connectivity index (χ0) is 19.0. The number of rotatable bonds is 3. The van der Waals surface area contributed by atoms with Crippen molar-refractivity contribution in [3.8, 4) is 0 Å². The molecule has 2 N–H and O–H groups in total. The average molecular weight is 437 g/mol. The molecule has 0 unspecified atom stereocenters. The maximum absolute atomic E-state index is 12.3. The molecule has 25 heavy (non-hydrogen) atoms. The van der Waals surface area contributed by atoms with E-state index in [1.165, 1.54) is 6.42 Å². The summed E-state index contributed by atoms with van der Waals surface area (Å²) in [5.41, 5.74) is 1.17. The number of halogens is 2. The number of amides is 2. The van der Waals surface area contributed by atoms with Crippen LogP contribution in [-0.4, -0.2) is 47.6 Å². The average Bonchev–Trinajstić information content (AvgIpc) is 2.84. The van der Waals surface area contributed by atoms with Crippen LogP contribution in [0.3, 0.4) is 0 Å². The van der Waals surface area contributed by atoms with Crippen LogP contribution < -0.4 is 5.32 Å². The number of ether oxygens (including phenoxy) is 1. The first-order valence-electron chi connectivity index (χ1n) is 8.61. The molecule has 1 saturated heterocycles. The first-order valence-corrected chi connectivity index (χ1v) is 9.78. The smallest absolute Gasteiger partial charge is 0.409 e. The Labute approximate surface area is 162 Å². The lowest BCUT2D eigenvalue weighted by atomic mass is 10.1. The molecule has 2 rings (SSSR count). The first-order chi connectivity index (χ1) is 11.8. The van der Waals surface area contributed by atoms with Crippen LogP contribution in [0.15, 0.2) is 4.47 Å². The highest BCUT2D eigenvalue weighted by molar-refractivity contribution is 9.10. The fourth-order valence-corrected chi connectivity index (χ4v) is 2.98. The van der Waals surface area contributed by atoms with Crippen LogP contribution in [-0.2, 0) is 4.74 Å². The fourth-order valence-electron chi connectivity index (χ4n) is 2.41. The summed E-state index contributed by atoms with van der Waals surface area (Å²) in [6.45, 7) is 9.39. The Balaban J connectivity index is 0.000000970. The van der Waals surface area contributed by atoms with Gasteiger partial charge >= 0.3 is 6.09 Å². The first kappa shape index (κ1) is 21.8. The van der Waals surface area contributed by atoms with Gasteiger partial charge in [0.05, 0.1) is 16.1 Å². The second-order valence-electron chi connectivity index (χ2n) is 5.89. The molecule has 0 radical (unpaired) electrons. The molecule has 1 fully saturated rings. The molecule has 0 bridgehead atoms. The summed E-state index contributed by atoms with van der Waals surface area (Å²) >= 11 is 9.45. The fraction of sp³-hybridized carbons (Fsp3) is 0.647. The molecule has 142 valence electrons. The zero-order valence-corrected chi connectivity index (χ0v) is 17.6. The third-order valence-electron chi connectivity index (χ3n) is 3.64. The third kappa shape index (κ3) is 6.22. The Bertz CT molecular complexity index is 584. The van der Waals surface area contributed by atoms with Gasteiger partial charge in [-0.15, -0.1) is 0 Å². The van der Waals surface area contributed by atoms with E-state index < -0.39 is 0 Å². The van der Waals surface area contributed by atoms with Crippen molar-refractivity contribution in [2.45, 2.75) is 53.0 Å². The summed E-state index contributed by atoms with van der Waals surface area (Å²) in [5.74, 6) is -0.228. The standard InChI is InChI=1S/C14H19BrClN3O3.C3H8/c1-3-22-14(21)19-6-4-9(5-7-19)18-13(20)12-11(16)10(15)8(2)17-12;1-3-2/h9,17H,3-7H2,1-2H3,(H,18,20);3H2,1-2H3. The highest BCUT2D eigenvalue weighted by Gasteiger charge is 2.26. The summed E-state index contributed by atoms with van der Waals surface area (Å²) in [5, 5.41) is 3.34. The molecular weight excluding hydrogens is 410 g/mol. The summed E-state index contributed by atoms with van der Waals surface area (Å²) in [6.07, 6.45) is 2.35. The zero-order valence-electron chi connectivity index (χ0n) is 15.2. The predicted molar refractivity (Wildman–Crippen MR) is 103 cm³/mol. The van der Waals surface area contributed by atoms with Crippen molar-refractivity contribution in [3.05, 3.63) is 20.9 Å². The Kier molecular flexibility index (Phi) is 9.35. The van der Waals surface area contributed by atoms with E-state index in [0.717, 1.165) is 5.69 Å². The van der Waals surface area contributed by atoms with Crippen molar-refractivity contribution in [2.24, 2.45) is 0 Å². The van der Waals surface area contributed by atoms with Crippen LogP contribution in [0, 0.1) is 6.92 Å². The summed E-state index contributed by atoms with van der Waals surface area (Å²) < 4.78 is 5.68. The summed E-state index contributed by atoms with van der Waals surface area (Å²) in [4.78, 5) is 28.5. The maximum Gasteiger partial charge on any atom is 0.409 e. The summed E-state index contributed by atoms with van der Waals surface area (Å²) in [6, 6.07) is 0.0247. The van der Waals surface area contributed by atoms with Crippen molar-refractivity contribution < 1.29 is 14.3 Å². The number of nitrogens with one attached hydrogen (secondary N) is 2. The Morgan fingerprint density at radius 3 is 2.32 bits per heavy atom. The lowest BCUT2D eigenvalue weighted by Crippen LogP contribution is -2.46. The largest absolute Gasteiger partial charge is 0.450 e. The number of carbonyl (C=O) groups excluding carboxylic acids is 2. The van der Waals surface area contributed by atoms with Gasteiger partial charge in [-0.05, 0) is 42.6 Å². The van der Waals surface area contributed by atoms with E-state index in [1.807, 2.05) is 6.92 Å². The minimum absolute atomic E-state index is 0.0247.